The molecule has 1 aliphatic heterocycles. The molecular formula is C25H23N3O3S2. The first-order valence-electron chi connectivity index (χ1n) is 10.8. The Morgan fingerprint density at radius 1 is 0.939 bits per heavy atom. The number of nitrogens with one attached hydrogen (secondary N) is 1. The highest BCUT2D eigenvalue weighted by molar-refractivity contribution is 7.10. The number of thiophene rings is 2. The molecule has 2 atom stereocenters. The molecule has 1 aliphatic carbocycles. The molecule has 1 fully saturated rings. The number of nitrogens with zero attached hydrogens (tertiary/aromatic N) is 2. The molecule has 3 amide bonds. The van der Waals surface area contributed by atoms with Crippen molar-refractivity contribution in [3.05, 3.63) is 86.8 Å². The third-order valence-corrected chi connectivity index (χ3v) is 7.74. The lowest BCUT2D eigenvalue weighted by atomic mass is 9.80. The summed E-state index contributed by atoms with van der Waals surface area (Å²) in [6.45, 7) is 1.02. The summed E-state index contributed by atoms with van der Waals surface area (Å²) >= 11 is 3.23. The molecule has 2 aliphatic rings. The van der Waals surface area contributed by atoms with Crippen LogP contribution >= 0.6 is 22.7 Å². The molecular weight excluding hydrogens is 454 g/mol. The Labute approximate surface area is 200 Å². The number of carbonyl (C=O) groups excluding carboxylic acids is 3. The number of hydrogen-bond acceptors (Lipinski definition) is 5. The monoisotopic (exact) mass is 477 g/mol. The minimum Gasteiger partial charge on any atom is -0.328 e. The smallest absolute Gasteiger partial charge is 0.254 e. The lowest BCUT2D eigenvalue weighted by Gasteiger charge is -2.38. The third kappa shape index (κ3) is 4.49. The van der Waals surface area contributed by atoms with E-state index in [-0.39, 0.29) is 29.6 Å². The molecule has 1 aromatic carbocycles. The van der Waals surface area contributed by atoms with Gasteiger partial charge >= 0.3 is 0 Å². The largest absolute Gasteiger partial charge is 0.328 e. The highest BCUT2D eigenvalue weighted by Gasteiger charge is 2.42. The Morgan fingerprint density at radius 2 is 1.61 bits per heavy atom. The SMILES string of the molecule is O=C1NN(c2cccc(C(=O)N(Cc3cccs3)Cc3cccs3)c2)C(=O)C2CC=CCC12. The second-order valence-corrected chi connectivity index (χ2v) is 10.2. The number of carbonyl (C=O) groups is 3. The van der Waals surface area contributed by atoms with Gasteiger partial charge in [0, 0.05) is 15.3 Å². The van der Waals surface area contributed by atoms with E-state index in [0.717, 1.165) is 9.75 Å². The molecule has 0 bridgehead atoms. The van der Waals surface area contributed by atoms with Crippen molar-refractivity contribution < 1.29 is 14.4 Å². The maximum atomic E-state index is 13.5. The van der Waals surface area contributed by atoms with Crippen LogP contribution in [-0.4, -0.2) is 22.6 Å². The van der Waals surface area contributed by atoms with Gasteiger partial charge in [0.2, 0.25) is 11.8 Å². The van der Waals surface area contributed by atoms with Gasteiger partial charge in [-0.15, -0.1) is 22.7 Å². The summed E-state index contributed by atoms with van der Waals surface area (Å²) in [7, 11) is 0. The van der Waals surface area contributed by atoms with Gasteiger partial charge in [-0.05, 0) is 53.9 Å². The summed E-state index contributed by atoms with van der Waals surface area (Å²) in [6, 6.07) is 14.9. The minimum atomic E-state index is -0.364. The zero-order chi connectivity index (χ0) is 22.8. The Bertz CT molecular complexity index is 1150. The maximum Gasteiger partial charge on any atom is 0.254 e. The van der Waals surface area contributed by atoms with Crippen molar-refractivity contribution in [1.29, 1.82) is 0 Å². The summed E-state index contributed by atoms with van der Waals surface area (Å²) in [5, 5.41) is 5.31. The second kappa shape index (κ2) is 9.33. The van der Waals surface area contributed by atoms with Gasteiger partial charge < -0.3 is 4.90 Å². The third-order valence-electron chi connectivity index (χ3n) is 6.02. The van der Waals surface area contributed by atoms with Crippen molar-refractivity contribution in [3.63, 3.8) is 0 Å². The van der Waals surface area contributed by atoms with E-state index in [1.54, 1.807) is 46.9 Å². The van der Waals surface area contributed by atoms with E-state index >= 15 is 0 Å². The first-order chi connectivity index (χ1) is 16.1. The van der Waals surface area contributed by atoms with Gasteiger partial charge in [-0.25, -0.2) is 5.01 Å². The Hall–Kier alpha value is -3.23. The highest BCUT2D eigenvalue weighted by Crippen LogP contribution is 2.32. The van der Waals surface area contributed by atoms with Gasteiger partial charge in [-0.2, -0.15) is 0 Å². The van der Waals surface area contributed by atoms with Crippen LogP contribution in [0.5, 0.6) is 0 Å². The van der Waals surface area contributed by atoms with Crippen LogP contribution in [0.3, 0.4) is 0 Å². The van der Waals surface area contributed by atoms with E-state index in [2.05, 4.69) is 5.43 Å². The molecule has 33 heavy (non-hydrogen) atoms. The molecule has 1 N–H and O–H groups in total. The molecule has 8 heteroatoms. The zero-order valence-electron chi connectivity index (χ0n) is 17.8. The van der Waals surface area contributed by atoms with E-state index < -0.39 is 0 Å². The van der Waals surface area contributed by atoms with Crippen molar-refractivity contribution in [3.8, 4) is 0 Å². The summed E-state index contributed by atoms with van der Waals surface area (Å²) < 4.78 is 0. The normalized spacial score (nSPS) is 19.8. The minimum absolute atomic E-state index is 0.118. The molecule has 0 saturated carbocycles. The maximum absolute atomic E-state index is 13.5. The lowest BCUT2D eigenvalue weighted by Crippen LogP contribution is -2.59. The van der Waals surface area contributed by atoms with Crippen LogP contribution in [0.4, 0.5) is 5.69 Å². The van der Waals surface area contributed by atoms with Gasteiger partial charge in [0.05, 0.1) is 30.6 Å². The molecule has 2 aromatic heterocycles. The van der Waals surface area contributed by atoms with E-state index in [0.29, 0.717) is 37.2 Å². The number of rotatable bonds is 6. The predicted molar refractivity (Wildman–Crippen MR) is 130 cm³/mol. The number of hydrogen-bond donors (Lipinski definition) is 1. The van der Waals surface area contributed by atoms with Crippen molar-refractivity contribution in [2.75, 3.05) is 5.01 Å². The molecule has 0 spiro atoms. The van der Waals surface area contributed by atoms with E-state index in [1.807, 2.05) is 52.1 Å². The fourth-order valence-corrected chi connectivity index (χ4v) is 5.76. The van der Waals surface area contributed by atoms with Gasteiger partial charge in [0.25, 0.3) is 5.91 Å². The number of amides is 3. The summed E-state index contributed by atoms with van der Waals surface area (Å²) in [4.78, 5) is 43.3. The van der Waals surface area contributed by atoms with Crippen LogP contribution in [0.15, 0.2) is 71.4 Å². The Balaban J connectivity index is 1.41. The van der Waals surface area contributed by atoms with Crippen LogP contribution in [0.1, 0.15) is 33.0 Å². The van der Waals surface area contributed by atoms with Gasteiger partial charge in [-0.3, -0.25) is 19.8 Å². The van der Waals surface area contributed by atoms with Crippen LogP contribution < -0.4 is 10.4 Å². The Kier molecular flexibility index (Phi) is 6.11. The molecule has 1 saturated heterocycles. The van der Waals surface area contributed by atoms with Crippen LogP contribution in [0.2, 0.25) is 0 Å². The first-order valence-corrected chi connectivity index (χ1v) is 12.6. The van der Waals surface area contributed by atoms with E-state index in [4.69, 9.17) is 0 Å². The topological polar surface area (TPSA) is 69.7 Å². The van der Waals surface area contributed by atoms with Crippen LogP contribution in [-0.2, 0) is 22.7 Å². The standard InChI is InChI=1S/C25H23N3O3S2/c29-23-21-10-1-2-11-22(21)25(31)28(26-23)18-7-3-6-17(14-18)24(30)27(15-19-8-4-12-32-19)16-20-9-5-13-33-20/h1-9,12-14,21-22H,10-11,15-16H2,(H,26,29). The van der Waals surface area contributed by atoms with Crippen molar-refractivity contribution in [2.45, 2.75) is 25.9 Å². The van der Waals surface area contributed by atoms with Crippen molar-refractivity contribution >= 4 is 46.1 Å². The quantitative estimate of drug-likeness (QED) is 0.527. The first kappa shape index (κ1) is 21.6. The van der Waals surface area contributed by atoms with E-state index in [9.17, 15) is 14.4 Å². The zero-order valence-corrected chi connectivity index (χ0v) is 19.5. The molecule has 0 radical (unpaired) electrons. The van der Waals surface area contributed by atoms with Gasteiger partial charge in [0.1, 0.15) is 0 Å². The molecule has 3 heterocycles. The molecule has 168 valence electrons. The van der Waals surface area contributed by atoms with Crippen molar-refractivity contribution in [1.82, 2.24) is 10.3 Å². The highest BCUT2D eigenvalue weighted by atomic mass is 32.1. The number of allylic oxidation sites excluding steroid dienone is 2. The van der Waals surface area contributed by atoms with Crippen LogP contribution in [0.25, 0.3) is 0 Å². The van der Waals surface area contributed by atoms with Gasteiger partial charge in [-0.1, -0.05) is 30.4 Å². The van der Waals surface area contributed by atoms with Crippen LogP contribution in [0, 0.1) is 11.8 Å². The van der Waals surface area contributed by atoms with E-state index in [1.165, 1.54) is 5.01 Å². The molecule has 2 unspecified atom stereocenters. The Morgan fingerprint density at radius 3 is 2.24 bits per heavy atom. The fraction of sp³-hybridized carbons (Fsp3) is 0.240. The molecule has 5 rings (SSSR count). The summed E-state index contributed by atoms with van der Waals surface area (Å²) in [5.41, 5.74) is 3.72. The average Bonchev–Trinajstić information content (AvgIpc) is 3.55. The summed E-state index contributed by atoms with van der Waals surface area (Å²) in [5.74, 6) is -1.10. The number of hydrazine groups is 1. The second-order valence-electron chi connectivity index (χ2n) is 8.18. The van der Waals surface area contributed by atoms with Gasteiger partial charge in [0.15, 0.2) is 0 Å². The number of fused-ring (bicyclic) bond motifs is 1. The predicted octanol–water partition coefficient (Wildman–Crippen LogP) is 4.61. The summed E-state index contributed by atoms with van der Waals surface area (Å²) in [6.07, 6.45) is 5.05. The molecule has 3 aromatic rings. The van der Waals surface area contributed by atoms with Crippen molar-refractivity contribution in [2.24, 2.45) is 11.8 Å². The average molecular weight is 478 g/mol. The number of benzene rings is 1. The number of anilines is 1. The molecule has 6 nitrogen and oxygen atoms in total. The fourth-order valence-electron chi connectivity index (χ4n) is 4.32. The lowest BCUT2D eigenvalue weighted by molar-refractivity contribution is -0.139.